The zero-order valence-electron chi connectivity index (χ0n) is 14.2. The highest BCUT2D eigenvalue weighted by Crippen LogP contribution is 2.34. The molecular formula is C16H14F3N5OS2. The lowest BCUT2D eigenvalue weighted by atomic mass is 10.1. The van der Waals surface area contributed by atoms with E-state index >= 15 is 0 Å². The summed E-state index contributed by atoms with van der Waals surface area (Å²) < 4.78 is 39.6. The Hall–Kier alpha value is -2.40. The number of rotatable bonds is 5. The van der Waals surface area contributed by atoms with Crippen LogP contribution in [0.25, 0.3) is 0 Å². The van der Waals surface area contributed by atoms with Crippen LogP contribution in [-0.4, -0.2) is 25.7 Å². The maximum Gasteiger partial charge on any atom is 0.434 e. The first kappa shape index (κ1) is 19.4. The summed E-state index contributed by atoms with van der Waals surface area (Å²) in [6.45, 7) is 1.98. The van der Waals surface area contributed by atoms with Gasteiger partial charge in [-0.3, -0.25) is 4.79 Å². The smallest absolute Gasteiger partial charge is 0.320 e. The highest BCUT2D eigenvalue weighted by atomic mass is 32.2. The molecule has 2 aromatic heterocycles. The molecule has 0 spiro atoms. The van der Waals surface area contributed by atoms with E-state index in [-0.39, 0.29) is 10.3 Å². The number of thiazole rings is 1. The molecule has 0 aliphatic rings. The minimum Gasteiger partial charge on any atom is -0.320 e. The Balaban J connectivity index is 1.71. The molecule has 27 heavy (non-hydrogen) atoms. The fourth-order valence-corrected chi connectivity index (χ4v) is 3.79. The number of anilines is 1. The number of benzene rings is 1. The average Bonchev–Trinajstić information content (AvgIpc) is 3.25. The van der Waals surface area contributed by atoms with Crippen molar-refractivity contribution >= 4 is 34.7 Å². The van der Waals surface area contributed by atoms with Gasteiger partial charge in [-0.05, 0) is 24.6 Å². The van der Waals surface area contributed by atoms with Crippen LogP contribution < -0.4 is 5.32 Å². The lowest BCUT2D eigenvalue weighted by Gasteiger charge is -2.12. The molecule has 2 heterocycles. The zero-order chi connectivity index (χ0) is 19.6. The van der Waals surface area contributed by atoms with E-state index in [9.17, 15) is 18.0 Å². The van der Waals surface area contributed by atoms with Crippen LogP contribution in [-0.2, 0) is 13.2 Å². The summed E-state index contributed by atoms with van der Waals surface area (Å²) in [7, 11) is 1.84. The molecule has 0 aliphatic carbocycles. The van der Waals surface area contributed by atoms with Crippen molar-refractivity contribution in [2.24, 2.45) is 7.05 Å². The first-order valence-electron chi connectivity index (χ1n) is 7.68. The fraction of sp³-hybridized carbons (Fsp3) is 0.250. The van der Waals surface area contributed by atoms with Gasteiger partial charge >= 0.3 is 6.18 Å². The van der Waals surface area contributed by atoms with Crippen LogP contribution in [0, 0.1) is 0 Å². The van der Waals surface area contributed by atoms with E-state index in [0.717, 1.165) is 16.1 Å². The van der Waals surface area contributed by atoms with Crippen molar-refractivity contribution in [1.29, 1.82) is 0 Å². The van der Waals surface area contributed by atoms with Gasteiger partial charge in [-0.2, -0.15) is 13.2 Å². The monoisotopic (exact) mass is 413 g/mol. The minimum atomic E-state index is -4.57. The second-order valence-electron chi connectivity index (χ2n) is 5.60. The van der Waals surface area contributed by atoms with Gasteiger partial charge in [-0.25, -0.2) is 4.98 Å². The van der Waals surface area contributed by atoms with E-state index in [0.29, 0.717) is 17.0 Å². The Bertz CT molecular complexity index is 953. The standard InChI is InChI=1S/C16H14F3N5OS2/c1-9(27-15-23-20-8-24(15)2)10-4-3-5-11(6-10)21-13(25)14-22-12(7-26-14)16(17,18)19/h3-9H,1-2H3,(H,21,25). The molecule has 1 amide bonds. The number of aryl methyl sites for hydroxylation is 1. The Morgan fingerprint density at radius 3 is 2.78 bits per heavy atom. The summed E-state index contributed by atoms with van der Waals surface area (Å²) in [5, 5.41) is 11.8. The molecule has 0 saturated carbocycles. The molecule has 1 aromatic carbocycles. The van der Waals surface area contributed by atoms with Gasteiger partial charge in [0.15, 0.2) is 15.9 Å². The van der Waals surface area contributed by atoms with Crippen molar-refractivity contribution in [3.63, 3.8) is 0 Å². The van der Waals surface area contributed by atoms with Gasteiger partial charge in [0.2, 0.25) is 0 Å². The van der Waals surface area contributed by atoms with Crippen LogP contribution in [0.2, 0.25) is 0 Å². The lowest BCUT2D eigenvalue weighted by molar-refractivity contribution is -0.140. The van der Waals surface area contributed by atoms with Crippen LogP contribution in [0.5, 0.6) is 0 Å². The van der Waals surface area contributed by atoms with Crippen LogP contribution in [0.3, 0.4) is 0 Å². The quantitative estimate of drug-likeness (QED) is 0.628. The number of halogens is 3. The highest BCUT2D eigenvalue weighted by molar-refractivity contribution is 7.99. The van der Waals surface area contributed by atoms with E-state index in [1.54, 1.807) is 29.1 Å². The third-order valence-corrected chi connectivity index (χ3v) is 5.60. The van der Waals surface area contributed by atoms with Crippen molar-refractivity contribution < 1.29 is 18.0 Å². The average molecular weight is 413 g/mol. The van der Waals surface area contributed by atoms with Gasteiger partial charge in [0.25, 0.3) is 5.91 Å². The van der Waals surface area contributed by atoms with Gasteiger partial charge in [0.1, 0.15) is 6.33 Å². The van der Waals surface area contributed by atoms with Crippen molar-refractivity contribution in [2.75, 3.05) is 5.32 Å². The fourth-order valence-electron chi connectivity index (χ4n) is 2.17. The lowest BCUT2D eigenvalue weighted by Crippen LogP contribution is -2.13. The Labute approximate surface area is 160 Å². The molecule has 0 fully saturated rings. The van der Waals surface area contributed by atoms with Crippen LogP contribution >= 0.6 is 23.1 Å². The van der Waals surface area contributed by atoms with Gasteiger partial charge in [0, 0.05) is 23.4 Å². The molecule has 0 saturated heterocycles. The molecule has 1 unspecified atom stereocenters. The number of nitrogens with zero attached hydrogens (tertiary/aromatic N) is 4. The number of carbonyl (C=O) groups is 1. The molecule has 1 N–H and O–H groups in total. The summed E-state index contributed by atoms with van der Waals surface area (Å²) in [5.74, 6) is -0.679. The van der Waals surface area contributed by atoms with E-state index in [1.807, 2.05) is 20.0 Å². The molecule has 6 nitrogen and oxygen atoms in total. The zero-order valence-corrected chi connectivity index (χ0v) is 15.8. The number of aromatic nitrogens is 4. The summed E-state index contributed by atoms with van der Waals surface area (Å²) in [4.78, 5) is 15.5. The van der Waals surface area contributed by atoms with E-state index in [1.165, 1.54) is 11.8 Å². The van der Waals surface area contributed by atoms with E-state index in [4.69, 9.17) is 0 Å². The maximum absolute atomic E-state index is 12.6. The molecule has 0 radical (unpaired) electrons. The van der Waals surface area contributed by atoms with Crippen molar-refractivity contribution in [3.05, 3.63) is 52.2 Å². The van der Waals surface area contributed by atoms with E-state index < -0.39 is 17.8 Å². The molecular weight excluding hydrogens is 399 g/mol. The highest BCUT2D eigenvalue weighted by Gasteiger charge is 2.34. The number of hydrogen-bond donors (Lipinski definition) is 1. The molecule has 0 aliphatic heterocycles. The number of amides is 1. The first-order chi connectivity index (χ1) is 12.7. The Kier molecular flexibility index (Phi) is 5.51. The number of nitrogens with one attached hydrogen (secondary N) is 1. The summed E-state index contributed by atoms with van der Waals surface area (Å²) in [5.41, 5.74) is 0.336. The second-order valence-corrected chi connectivity index (χ2v) is 7.77. The SMILES string of the molecule is CC(Sc1nncn1C)c1cccc(NC(=O)c2nc(C(F)(F)F)cs2)c1. The van der Waals surface area contributed by atoms with Crippen LogP contribution in [0.15, 0.2) is 41.1 Å². The first-order valence-corrected chi connectivity index (χ1v) is 9.44. The summed E-state index contributed by atoms with van der Waals surface area (Å²) >= 11 is 2.15. The maximum atomic E-state index is 12.6. The van der Waals surface area contributed by atoms with Crippen LogP contribution in [0.1, 0.15) is 33.2 Å². The van der Waals surface area contributed by atoms with Crippen LogP contribution in [0.4, 0.5) is 18.9 Å². The molecule has 3 aromatic rings. The van der Waals surface area contributed by atoms with Gasteiger partial charge < -0.3 is 9.88 Å². The van der Waals surface area contributed by atoms with Gasteiger partial charge in [-0.1, -0.05) is 23.9 Å². The third-order valence-electron chi connectivity index (χ3n) is 3.55. The largest absolute Gasteiger partial charge is 0.434 e. The molecule has 1 atom stereocenters. The van der Waals surface area contributed by atoms with Crippen molar-refractivity contribution in [1.82, 2.24) is 19.7 Å². The molecule has 11 heteroatoms. The number of carbonyl (C=O) groups excluding carboxylic acids is 1. The molecule has 0 bridgehead atoms. The predicted octanol–water partition coefficient (Wildman–Crippen LogP) is 4.40. The number of hydrogen-bond acceptors (Lipinski definition) is 6. The summed E-state index contributed by atoms with van der Waals surface area (Å²) in [6, 6.07) is 7.10. The Morgan fingerprint density at radius 2 is 2.15 bits per heavy atom. The van der Waals surface area contributed by atoms with Gasteiger partial charge in [0.05, 0.1) is 0 Å². The van der Waals surface area contributed by atoms with Crippen molar-refractivity contribution in [2.45, 2.75) is 23.5 Å². The predicted molar refractivity (Wildman–Crippen MR) is 96.8 cm³/mol. The Morgan fingerprint density at radius 1 is 1.37 bits per heavy atom. The normalized spacial score (nSPS) is 12.8. The number of thioether (sulfide) groups is 1. The molecule has 3 rings (SSSR count). The summed E-state index contributed by atoms with van der Waals surface area (Å²) in [6.07, 6.45) is -2.96. The number of alkyl halides is 3. The van der Waals surface area contributed by atoms with Gasteiger partial charge in [-0.15, -0.1) is 21.5 Å². The minimum absolute atomic E-state index is 0.0291. The topological polar surface area (TPSA) is 72.7 Å². The van der Waals surface area contributed by atoms with E-state index in [2.05, 4.69) is 20.5 Å². The second kappa shape index (κ2) is 7.69. The third kappa shape index (κ3) is 4.66. The molecule has 142 valence electrons. The van der Waals surface area contributed by atoms with Crippen molar-refractivity contribution in [3.8, 4) is 0 Å².